The summed E-state index contributed by atoms with van der Waals surface area (Å²) in [4.78, 5) is 12.5. The highest BCUT2D eigenvalue weighted by Crippen LogP contribution is 2.32. The molecular weight excluding hydrogens is 360 g/mol. The van der Waals surface area contributed by atoms with E-state index in [9.17, 15) is 10.1 Å². The summed E-state index contributed by atoms with van der Waals surface area (Å²) in [5.41, 5.74) is 3.85. The topological polar surface area (TPSA) is 55.0 Å². The van der Waals surface area contributed by atoms with E-state index in [-0.39, 0.29) is 16.5 Å². The molecule has 3 aromatic rings. The van der Waals surface area contributed by atoms with Crippen LogP contribution < -0.4 is 10.3 Å². The molecule has 0 amide bonds. The lowest BCUT2D eigenvalue weighted by atomic mass is 9.78. The predicted octanol–water partition coefficient (Wildman–Crippen LogP) is 4.74. The van der Waals surface area contributed by atoms with Gasteiger partial charge in [-0.05, 0) is 48.7 Å². The van der Waals surface area contributed by atoms with Crippen molar-refractivity contribution in [3.63, 3.8) is 0 Å². The zero-order valence-corrected chi connectivity index (χ0v) is 17.4. The normalized spacial score (nSPS) is 11.1. The molecule has 148 valence electrons. The average molecular weight is 386 g/mol. The van der Waals surface area contributed by atoms with Crippen molar-refractivity contribution in [2.24, 2.45) is 0 Å². The van der Waals surface area contributed by atoms with Gasteiger partial charge in [-0.3, -0.25) is 4.79 Å². The van der Waals surface area contributed by atoms with Gasteiger partial charge in [0, 0.05) is 11.1 Å². The van der Waals surface area contributed by atoms with Crippen molar-refractivity contribution in [1.82, 2.24) is 4.57 Å². The molecule has 0 N–H and O–H groups in total. The summed E-state index contributed by atoms with van der Waals surface area (Å²) in [5, 5.41) is 9.20. The van der Waals surface area contributed by atoms with Crippen molar-refractivity contribution < 1.29 is 4.74 Å². The van der Waals surface area contributed by atoms with Crippen LogP contribution in [0.4, 0.5) is 0 Å². The van der Waals surface area contributed by atoms with Crippen molar-refractivity contribution >= 4 is 0 Å². The Morgan fingerprint density at radius 2 is 1.62 bits per heavy atom. The molecule has 0 radical (unpaired) electrons. The number of aryl methyl sites for hydroxylation is 2. The van der Waals surface area contributed by atoms with Crippen LogP contribution in [0.1, 0.15) is 41.8 Å². The Balaban J connectivity index is 1.69. The molecule has 4 heteroatoms. The Morgan fingerprint density at radius 1 is 1.00 bits per heavy atom. The molecule has 0 aliphatic heterocycles. The maximum absolute atomic E-state index is 12.5. The van der Waals surface area contributed by atoms with E-state index >= 15 is 0 Å². The van der Waals surface area contributed by atoms with Gasteiger partial charge >= 0.3 is 0 Å². The number of pyridine rings is 1. The summed E-state index contributed by atoms with van der Waals surface area (Å²) in [6, 6.07) is 22.4. The van der Waals surface area contributed by atoms with Gasteiger partial charge in [-0.25, -0.2) is 0 Å². The van der Waals surface area contributed by atoms with E-state index < -0.39 is 0 Å². The molecule has 4 nitrogen and oxygen atoms in total. The molecule has 0 saturated carbocycles. The quantitative estimate of drug-likeness (QED) is 0.615. The SMILES string of the molecule is Cc1cc(C)n(CCOc2ccc(C(C)(C)c3ccccc3)cc2)c(=O)c1C#N. The van der Waals surface area contributed by atoms with Crippen LogP contribution in [0.2, 0.25) is 0 Å². The minimum absolute atomic E-state index is 0.0974. The highest BCUT2D eigenvalue weighted by atomic mass is 16.5. The molecule has 0 unspecified atom stereocenters. The Bertz CT molecular complexity index is 1090. The van der Waals surface area contributed by atoms with Crippen LogP contribution in [0.3, 0.4) is 0 Å². The summed E-state index contributed by atoms with van der Waals surface area (Å²) in [6.07, 6.45) is 0. The Morgan fingerprint density at radius 3 is 2.24 bits per heavy atom. The maximum atomic E-state index is 12.5. The zero-order valence-electron chi connectivity index (χ0n) is 17.4. The summed E-state index contributed by atoms with van der Waals surface area (Å²) in [6.45, 7) is 8.82. The first-order valence-corrected chi connectivity index (χ1v) is 9.74. The minimum Gasteiger partial charge on any atom is -0.492 e. The van der Waals surface area contributed by atoms with Crippen LogP contribution in [-0.2, 0) is 12.0 Å². The van der Waals surface area contributed by atoms with Crippen LogP contribution in [0, 0.1) is 25.2 Å². The summed E-state index contributed by atoms with van der Waals surface area (Å²) >= 11 is 0. The second-order valence-corrected chi connectivity index (χ2v) is 7.78. The van der Waals surface area contributed by atoms with E-state index in [1.165, 1.54) is 11.1 Å². The molecular formula is C25H26N2O2. The number of nitrogens with zero attached hydrogens (tertiary/aromatic N) is 2. The van der Waals surface area contributed by atoms with Crippen molar-refractivity contribution in [2.75, 3.05) is 6.61 Å². The van der Waals surface area contributed by atoms with Crippen LogP contribution >= 0.6 is 0 Å². The second-order valence-electron chi connectivity index (χ2n) is 7.78. The first-order valence-electron chi connectivity index (χ1n) is 9.74. The first kappa shape index (κ1) is 20.4. The average Bonchev–Trinajstić information content (AvgIpc) is 2.71. The second kappa shape index (κ2) is 8.36. The molecule has 0 aliphatic rings. The molecule has 0 atom stereocenters. The van der Waals surface area contributed by atoms with Crippen LogP contribution in [0.25, 0.3) is 0 Å². The van der Waals surface area contributed by atoms with Gasteiger partial charge in [-0.2, -0.15) is 5.26 Å². The van der Waals surface area contributed by atoms with Crippen molar-refractivity contribution in [3.8, 4) is 11.8 Å². The van der Waals surface area contributed by atoms with Gasteiger partial charge < -0.3 is 9.30 Å². The largest absolute Gasteiger partial charge is 0.492 e. The van der Waals surface area contributed by atoms with Gasteiger partial charge in [0.1, 0.15) is 24.0 Å². The molecule has 1 aromatic heterocycles. The Kier molecular flexibility index (Phi) is 5.89. The third kappa shape index (κ3) is 4.25. The number of hydrogen-bond acceptors (Lipinski definition) is 3. The van der Waals surface area contributed by atoms with Crippen molar-refractivity contribution in [3.05, 3.63) is 99.0 Å². The van der Waals surface area contributed by atoms with Crippen LogP contribution in [-0.4, -0.2) is 11.2 Å². The fourth-order valence-corrected chi connectivity index (χ4v) is 3.59. The highest BCUT2D eigenvalue weighted by Gasteiger charge is 2.22. The van der Waals surface area contributed by atoms with Crippen LogP contribution in [0.5, 0.6) is 5.75 Å². The maximum Gasteiger partial charge on any atom is 0.269 e. The van der Waals surface area contributed by atoms with E-state index in [0.29, 0.717) is 18.7 Å². The smallest absolute Gasteiger partial charge is 0.269 e. The summed E-state index contributed by atoms with van der Waals surface area (Å²) in [7, 11) is 0. The molecule has 0 spiro atoms. The summed E-state index contributed by atoms with van der Waals surface area (Å²) in [5.74, 6) is 0.760. The number of ether oxygens (including phenoxy) is 1. The molecule has 2 aromatic carbocycles. The van der Waals surface area contributed by atoms with Crippen molar-refractivity contribution in [1.29, 1.82) is 5.26 Å². The molecule has 0 aliphatic carbocycles. The third-order valence-corrected chi connectivity index (χ3v) is 5.47. The van der Waals surface area contributed by atoms with E-state index in [1.807, 2.05) is 37.3 Å². The summed E-state index contributed by atoms with van der Waals surface area (Å²) < 4.78 is 7.45. The first-order chi connectivity index (χ1) is 13.8. The van der Waals surface area contributed by atoms with Gasteiger partial charge in [-0.1, -0.05) is 56.3 Å². The predicted molar refractivity (Wildman–Crippen MR) is 115 cm³/mol. The van der Waals surface area contributed by atoms with Gasteiger partial charge in [-0.15, -0.1) is 0 Å². The van der Waals surface area contributed by atoms with E-state index in [4.69, 9.17) is 4.74 Å². The van der Waals surface area contributed by atoms with Crippen LogP contribution in [0.15, 0.2) is 65.5 Å². The number of rotatable bonds is 6. The van der Waals surface area contributed by atoms with E-state index in [2.05, 4.69) is 50.2 Å². The van der Waals surface area contributed by atoms with Gasteiger partial charge in [0.15, 0.2) is 0 Å². The lowest BCUT2D eigenvalue weighted by Crippen LogP contribution is -2.28. The molecule has 0 fully saturated rings. The highest BCUT2D eigenvalue weighted by molar-refractivity contribution is 5.40. The molecule has 0 bridgehead atoms. The zero-order chi connectivity index (χ0) is 21.0. The number of nitriles is 1. The fourth-order valence-electron chi connectivity index (χ4n) is 3.59. The molecule has 1 heterocycles. The van der Waals surface area contributed by atoms with Gasteiger partial charge in [0.25, 0.3) is 5.56 Å². The van der Waals surface area contributed by atoms with Gasteiger partial charge in [0.2, 0.25) is 0 Å². The standard InChI is InChI=1S/C25H26N2O2/c1-18-16-19(2)27(24(28)23(18)17-26)14-15-29-22-12-10-21(11-13-22)25(3,4)20-8-6-5-7-9-20/h5-13,16H,14-15H2,1-4H3. The minimum atomic E-state index is -0.256. The number of benzene rings is 2. The Hall–Kier alpha value is -3.32. The van der Waals surface area contributed by atoms with E-state index in [1.54, 1.807) is 11.5 Å². The molecule has 0 saturated heterocycles. The fraction of sp³-hybridized carbons (Fsp3) is 0.280. The molecule has 3 rings (SSSR count). The lowest BCUT2D eigenvalue weighted by molar-refractivity contribution is 0.294. The number of hydrogen-bond donors (Lipinski definition) is 0. The molecule has 29 heavy (non-hydrogen) atoms. The monoisotopic (exact) mass is 386 g/mol. The van der Waals surface area contributed by atoms with Crippen molar-refractivity contribution in [2.45, 2.75) is 39.7 Å². The number of aromatic nitrogens is 1. The lowest BCUT2D eigenvalue weighted by Gasteiger charge is -2.26. The third-order valence-electron chi connectivity index (χ3n) is 5.47. The van der Waals surface area contributed by atoms with E-state index in [0.717, 1.165) is 11.4 Å². The Labute approximate surface area is 172 Å². The van der Waals surface area contributed by atoms with Gasteiger partial charge in [0.05, 0.1) is 6.54 Å².